The first-order valence-electron chi connectivity index (χ1n) is 7.78. The lowest BCUT2D eigenvalue weighted by atomic mass is 9.69. The second kappa shape index (κ2) is 6.02. The normalized spacial score (nSPS) is 23.4. The van der Waals surface area contributed by atoms with Gasteiger partial charge in [-0.05, 0) is 36.3 Å². The smallest absolute Gasteiger partial charge is 0.151 e. The van der Waals surface area contributed by atoms with Crippen molar-refractivity contribution in [3.8, 4) is 0 Å². The molecule has 3 nitrogen and oxygen atoms in total. The molecule has 1 aliphatic carbocycles. The summed E-state index contributed by atoms with van der Waals surface area (Å²) in [7, 11) is 4.10. The third-order valence-corrected chi connectivity index (χ3v) is 4.43. The molecule has 1 heterocycles. The van der Waals surface area contributed by atoms with Crippen molar-refractivity contribution in [3.05, 3.63) is 18.3 Å². The molecular formula is C17H29N3. The number of aromatic nitrogens is 1. The van der Waals surface area contributed by atoms with Crippen molar-refractivity contribution < 1.29 is 0 Å². The highest BCUT2D eigenvalue weighted by molar-refractivity contribution is 5.65. The quantitative estimate of drug-likeness (QED) is 0.897. The van der Waals surface area contributed by atoms with Gasteiger partial charge in [0, 0.05) is 26.3 Å². The van der Waals surface area contributed by atoms with E-state index in [1.807, 2.05) is 12.3 Å². The first kappa shape index (κ1) is 15.1. The molecule has 0 aliphatic heterocycles. The van der Waals surface area contributed by atoms with E-state index in [0.29, 0.717) is 11.5 Å². The van der Waals surface area contributed by atoms with Crippen LogP contribution in [0.4, 0.5) is 11.5 Å². The fourth-order valence-electron chi connectivity index (χ4n) is 3.41. The Labute approximate surface area is 123 Å². The minimum atomic E-state index is 0.360. The third kappa shape index (κ3) is 3.44. The summed E-state index contributed by atoms with van der Waals surface area (Å²) >= 11 is 0. The topological polar surface area (TPSA) is 28.2 Å². The van der Waals surface area contributed by atoms with Gasteiger partial charge in [0.15, 0.2) is 5.82 Å². The monoisotopic (exact) mass is 275 g/mol. The van der Waals surface area contributed by atoms with Crippen LogP contribution >= 0.6 is 0 Å². The molecule has 0 radical (unpaired) electrons. The lowest BCUT2D eigenvalue weighted by molar-refractivity contribution is 0.163. The van der Waals surface area contributed by atoms with Gasteiger partial charge in [-0.3, -0.25) is 0 Å². The van der Waals surface area contributed by atoms with Crippen LogP contribution in [0.15, 0.2) is 18.3 Å². The van der Waals surface area contributed by atoms with Gasteiger partial charge in [0.2, 0.25) is 0 Å². The molecule has 0 bridgehead atoms. The number of nitrogens with one attached hydrogen (secondary N) is 1. The molecule has 2 rings (SSSR count). The molecule has 20 heavy (non-hydrogen) atoms. The van der Waals surface area contributed by atoms with Crippen molar-refractivity contribution in [2.24, 2.45) is 11.3 Å². The van der Waals surface area contributed by atoms with Crippen molar-refractivity contribution in [2.45, 2.75) is 52.5 Å². The number of hydrogen-bond donors (Lipinski definition) is 1. The van der Waals surface area contributed by atoms with Crippen molar-refractivity contribution in [1.29, 1.82) is 0 Å². The van der Waals surface area contributed by atoms with Gasteiger partial charge < -0.3 is 10.2 Å². The summed E-state index contributed by atoms with van der Waals surface area (Å²) in [4.78, 5) is 6.57. The molecule has 1 fully saturated rings. The van der Waals surface area contributed by atoms with Crippen LogP contribution in [0.1, 0.15) is 46.5 Å². The van der Waals surface area contributed by atoms with Crippen LogP contribution < -0.4 is 10.2 Å². The zero-order valence-electron chi connectivity index (χ0n) is 13.6. The molecule has 2 unspecified atom stereocenters. The SMILES string of the molecule is CN(C)c1ncccc1NC1CCCCC1C(C)(C)C. The number of pyridine rings is 1. The van der Waals surface area contributed by atoms with Crippen molar-refractivity contribution in [3.63, 3.8) is 0 Å². The highest BCUT2D eigenvalue weighted by Crippen LogP contribution is 2.40. The van der Waals surface area contributed by atoms with Gasteiger partial charge in [-0.15, -0.1) is 0 Å². The Morgan fingerprint density at radius 3 is 2.55 bits per heavy atom. The maximum absolute atomic E-state index is 4.49. The van der Waals surface area contributed by atoms with Crippen LogP contribution in [-0.4, -0.2) is 25.1 Å². The van der Waals surface area contributed by atoms with Crippen molar-refractivity contribution >= 4 is 11.5 Å². The molecule has 2 atom stereocenters. The Hall–Kier alpha value is -1.25. The Bertz CT molecular complexity index is 434. The summed E-state index contributed by atoms with van der Waals surface area (Å²) in [6, 6.07) is 4.73. The Kier molecular flexibility index (Phi) is 4.56. The van der Waals surface area contributed by atoms with Crippen LogP contribution in [0.25, 0.3) is 0 Å². The average Bonchev–Trinajstić information content (AvgIpc) is 2.38. The van der Waals surface area contributed by atoms with Gasteiger partial charge in [0.05, 0.1) is 5.69 Å². The van der Waals surface area contributed by atoms with Gasteiger partial charge >= 0.3 is 0 Å². The number of hydrogen-bond acceptors (Lipinski definition) is 3. The van der Waals surface area contributed by atoms with Gasteiger partial charge in [0.25, 0.3) is 0 Å². The Morgan fingerprint density at radius 2 is 1.90 bits per heavy atom. The van der Waals surface area contributed by atoms with Crippen LogP contribution in [0.2, 0.25) is 0 Å². The summed E-state index contributed by atoms with van der Waals surface area (Å²) in [6.45, 7) is 7.11. The van der Waals surface area contributed by atoms with E-state index in [4.69, 9.17) is 0 Å². The van der Waals surface area contributed by atoms with E-state index in [-0.39, 0.29) is 0 Å². The van der Waals surface area contributed by atoms with E-state index in [1.54, 1.807) is 0 Å². The number of nitrogens with zero attached hydrogens (tertiary/aromatic N) is 2. The molecule has 0 spiro atoms. The number of anilines is 2. The van der Waals surface area contributed by atoms with E-state index in [2.05, 4.69) is 56.1 Å². The molecule has 1 saturated carbocycles. The van der Waals surface area contributed by atoms with Gasteiger partial charge in [-0.2, -0.15) is 0 Å². The maximum Gasteiger partial charge on any atom is 0.151 e. The lowest BCUT2D eigenvalue weighted by Crippen LogP contribution is -2.40. The largest absolute Gasteiger partial charge is 0.379 e. The summed E-state index contributed by atoms with van der Waals surface area (Å²) < 4.78 is 0. The molecule has 0 amide bonds. The standard InChI is InChI=1S/C17H29N3/c1-17(2,3)13-9-6-7-10-14(13)19-15-11-8-12-18-16(15)20(4)5/h8,11-14,19H,6-7,9-10H2,1-5H3. The first-order valence-corrected chi connectivity index (χ1v) is 7.78. The number of rotatable bonds is 3. The lowest BCUT2D eigenvalue weighted by Gasteiger charge is -2.41. The van der Waals surface area contributed by atoms with E-state index in [0.717, 1.165) is 11.7 Å². The highest BCUT2D eigenvalue weighted by atomic mass is 15.2. The molecule has 0 saturated heterocycles. The van der Waals surface area contributed by atoms with E-state index in [9.17, 15) is 0 Å². The molecule has 3 heteroatoms. The molecular weight excluding hydrogens is 246 g/mol. The van der Waals surface area contributed by atoms with Crippen LogP contribution in [0.3, 0.4) is 0 Å². The van der Waals surface area contributed by atoms with Crippen LogP contribution in [-0.2, 0) is 0 Å². The van der Waals surface area contributed by atoms with Crippen LogP contribution in [0, 0.1) is 11.3 Å². The van der Waals surface area contributed by atoms with Gasteiger partial charge in [-0.25, -0.2) is 4.98 Å². The fraction of sp³-hybridized carbons (Fsp3) is 0.706. The molecule has 1 aromatic heterocycles. The van der Waals surface area contributed by atoms with Gasteiger partial charge in [-0.1, -0.05) is 33.6 Å². The summed E-state index contributed by atoms with van der Waals surface area (Å²) in [5, 5.41) is 3.78. The second-order valence-corrected chi connectivity index (χ2v) is 7.28. The second-order valence-electron chi connectivity index (χ2n) is 7.28. The third-order valence-electron chi connectivity index (χ3n) is 4.43. The predicted molar refractivity (Wildman–Crippen MR) is 87.4 cm³/mol. The van der Waals surface area contributed by atoms with E-state index in [1.165, 1.54) is 31.4 Å². The fourth-order valence-corrected chi connectivity index (χ4v) is 3.41. The zero-order valence-corrected chi connectivity index (χ0v) is 13.6. The summed E-state index contributed by atoms with van der Waals surface area (Å²) in [5.41, 5.74) is 1.53. The Balaban J connectivity index is 2.19. The van der Waals surface area contributed by atoms with Crippen molar-refractivity contribution in [1.82, 2.24) is 4.98 Å². The molecule has 112 valence electrons. The molecule has 1 aliphatic rings. The first-order chi connectivity index (χ1) is 9.39. The van der Waals surface area contributed by atoms with Gasteiger partial charge in [0.1, 0.15) is 0 Å². The maximum atomic E-state index is 4.49. The van der Waals surface area contributed by atoms with E-state index >= 15 is 0 Å². The minimum Gasteiger partial charge on any atom is -0.379 e. The minimum absolute atomic E-state index is 0.360. The zero-order chi connectivity index (χ0) is 14.8. The molecule has 1 aromatic rings. The van der Waals surface area contributed by atoms with Crippen LogP contribution in [0.5, 0.6) is 0 Å². The predicted octanol–water partition coefficient (Wildman–Crippen LogP) is 4.16. The summed E-state index contributed by atoms with van der Waals surface area (Å²) in [6.07, 6.45) is 7.17. The van der Waals surface area contributed by atoms with Crippen molar-refractivity contribution in [2.75, 3.05) is 24.3 Å². The summed E-state index contributed by atoms with van der Waals surface area (Å²) in [5.74, 6) is 1.76. The highest BCUT2D eigenvalue weighted by Gasteiger charge is 2.34. The van der Waals surface area contributed by atoms with E-state index < -0.39 is 0 Å². The molecule has 1 N–H and O–H groups in total. The average molecular weight is 275 g/mol. The molecule has 0 aromatic carbocycles. The Morgan fingerprint density at radius 1 is 1.20 bits per heavy atom.